The molecule has 1 aromatic carbocycles. The van der Waals surface area contributed by atoms with E-state index >= 15 is 0 Å². The lowest BCUT2D eigenvalue weighted by Gasteiger charge is -2.02. The Labute approximate surface area is 107 Å². The van der Waals surface area contributed by atoms with E-state index in [2.05, 4.69) is 27.1 Å². The van der Waals surface area contributed by atoms with Gasteiger partial charge in [-0.25, -0.2) is 9.07 Å². The van der Waals surface area contributed by atoms with Crippen LogP contribution in [0.3, 0.4) is 0 Å². The maximum atomic E-state index is 12.8. The van der Waals surface area contributed by atoms with Crippen LogP contribution in [0, 0.1) is 24.1 Å². The van der Waals surface area contributed by atoms with Gasteiger partial charge >= 0.3 is 0 Å². The normalized spacial score (nSPS) is 10.2. The van der Waals surface area contributed by atoms with Gasteiger partial charge in [0.2, 0.25) is 0 Å². The van der Waals surface area contributed by atoms with Crippen LogP contribution >= 0.6 is 15.9 Å². The van der Waals surface area contributed by atoms with Crippen LogP contribution in [0.1, 0.15) is 11.3 Å². The minimum atomic E-state index is -0.286. The van der Waals surface area contributed by atoms with E-state index < -0.39 is 0 Å². The van der Waals surface area contributed by atoms with Crippen LogP contribution in [0.5, 0.6) is 0 Å². The van der Waals surface area contributed by atoms with Crippen LogP contribution < -0.4 is 0 Å². The van der Waals surface area contributed by atoms with Gasteiger partial charge in [0, 0.05) is 5.56 Å². The molecule has 0 spiro atoms. The summed E-state index contributed by atoms with van der Waals surface area (Å²) in [6, 6.07) is 8.13. The molecule has 0 N–H and O–H groups in total. The zero-order chi connectivity index (χ0) is 12.4. The zero-order valence-electron chi connectivity index (χ0n) is 9.11. The van der Waals surface area contributed by atoms with Gasteiger partial charge in [-0.1, -0.05) is 0 Å². The molecule has 5 heteroatoms. The number of halogens is 2. The quantitative estimate of drug-likeness (QED) is 0.853. The Balaban J connectivity index is 2.50. The van der Waals surface area contributed by atoms with Gasteiger partial charge in [-0.05, 0) is 47.1 Å². The molecule has 0 fully saturated rings. The van der Waals surface area contributed by atoms with Crippen molar-refractivity contribution in [3.63, 3.8) is 0 Å². The maximum Gasteiger partial charge on any atom is 0.123 e. The summed E-state index contributed by atoms with van der Waals surface area (Å²) >= 11 is 3.41. The summed E-state index contributed by atoms with van der Waals surface area (Å²) in [6.07, 6.45) is 0.299. The first-order chi connectivity index (χ1) is 8.13. The molecule has 0 saturated heterocycles. The fraction of sp³-hybridized carbons (Fsp3) is 0.167. The highest BCUT2D eigenvalue weighted by Gasteiger charge is 2.13. The minimum absolute atomic E-state index is 0.286. The van der Waals surface area contributed by atoms with Gasteiger partial charge in [0.1, 0.15) is 10.4 Å². The predicted octanol–water partition coefficient (Wildman–Crippen LogP) is 3.15. The van der Waals surface area contributed by atoms with Crippen molar-refractivity contribution in [3.8, 4) is 11.8 Å². The molecule has 0 radical (unpaired) electrons. The molecule has 0 bridgehead atoms. The van der Waals surface area contributed by atoms with Crippen LogP contribution in [0.25, 0.3) is 5.69 Å². The first-order valence-corrected chi connectivity index (χ1v) is 5.79. The first kappa shape index (κ1) is 11.8. The number of nitrogens with zero attached hydrogens (tertiary/aromatic N) is 3. The fourth-order valence-electron chi connectivity index (χ4n) is 1.56. The molecule has 0 aliphatic rings. The molecule has 0 atom stereocenters. The second-order valence-electron chi connectivity index (χ2n) is 3.58. The molecule has 2 rings (SSSR count). The summed E-state index contributed by atoms with van der Waals surface area (Å²) in [5.41, 5.74) is 2.41. The Morgan fingerprint density at radius 2 is 2.06 bits per heavy atom. The highest BCUT2D eigenvalue weighted by Crippen LogP contribution is 2.24. The topological polar surface area (TPSA) is 41.6 Å². The summed E-state index contributed by atoms with van der Waals surface area (Å²) in [4.78, 5) is 0. The van der Waals surface area contributed by atoms with Gasteiger partial charge < -0.3 is 0 Å². The molecule has 0 aliphatic carbocycles. The molecule has 17 heavy (non-hydrogen) atoms. The van der Waals surface area contributed by atoms with E-state index in [4.69, 9.17) is 5.26 Å². The number of hydrogen-bond donors (Lipinski definition) is 0. The van der Waals surface area contributed by atoms with Gasteiger partial charge in [0.05, 0.1) is 23.9 Å². The van der Waals surface area contributed by atoms with Gasteiger partial charge in [0.15, 0.2) is 0 Å². The number of aromatic nitrogens is 2. The van der Waals surface area contributed by atoms with E-state index in [1.165, 1.54) is 12.1 Å². The largest absolute Gasteiger partial charge is 0.226 e. The van der Waals surface area contributed by atoms with E-state index in [0.717, 1.165) is 21.5 Å². The molecule has 0 amide bonds. The predicted molar refractivity (Wildman–Crippen MR) is 65.3 cm³/mol. The second kappa shape index (κ2) is 4.68. The molecule has 3 nitrogen and oxygen atoms in total. The average molecular weight is 294 g/mol. The second-order valence-corrected chi connectivity index (χ2v) is 4.33. The first-order valence-electron chi connectivity index (χ1n) is 5.00. The highest BCUT2D eigenvalue weighted by atomic mass is 79.9. The molecule has 2 aromatic rings. The average Bonchev–Trinajstić information content (AvgIpc) is 2.59. The summed E-state index contributed by atoms with van der Waals surface area (Å²) < 4.78 is 15.2. The smallest absolute Gasteiger partial charge is 0.123 e. The van der Waals surface area contributed by atoms with E-state index in [0.29, 0.717) is 6.42 Å². The van der Waals surface area contributed by atoms with Gasteiger partial charge in [-0.3, -0.25) is 0 Å². The van der Waals surface area contributed by atoms with Gasteiger partial charge in [0.25, 0.3) is 0 Å². The molecule has 1 aromatic heterocycles. The minimum Gasteiger partial charge on any atom is -0.226 e. The van der Waals surface area contributed by atoms with Crippen molar-refractivity contribution < 1.29 is 4.39 Å². The third kappa shape index (κ3) is 2.22. The summed E-state index contributed by atoms with van der Waals surface area (Å²) in [6.45, 7) is 1.84. The number of hydrogen-bond acceptors (Lipinski definition) is 2. The third-order valence-electron chi connectivity index (χ3n) is 2.45. The maximum absolute atomic E-state index is 12.8. The molecule has 0 aliphatic heterocycles. The molecule has 0 saturated carbocycles. The van der Waals surface area contributed by atoms with Gasteiger partial charge in [-0.15, -0.1) is 0 Å². The molecule has 86 valence electrons. The van der Waals surface area contributed by atoms with Crippen molar-refractivity contribution in [1.29, 1.82) is 5.26 Å². The Bertz CT molecular complexity index is 581. The molecule has 0 unspecified atom stereocenters. The van der Waals surface area contributed by atoms with Crippen molar-refractivity contribution >= 4 is 15.9 Å². The van der Waals surface area contributed by atoms with Crippen molar-refractivity contribution in [2.24, 2.45) is 0 Å². The van der Waals surface area contributed by atoms with Crippen LogP contribution in [0.15, 0.2) is 28.9 Å². The third-order valence-corrected chi connectivity index (χ3v) is 3.26. The van der Waals surface area contributed by atoms with E-state index in [1.807, 2.05) is 6.92 Å². The Morgan fingerprint density at radius 1 is 1.41 bits per heavy atom. The summed E-state index contributed by atoms with van der Waals surface area (Å²) in [5.74, 6) is -0.286. The number of aryl methyl sites for hydroxylation is 1. The van der Waals surface area contributed by atoms with Gasteiger partial charge in [-0.2, -0.15) is 10.4 Å². The van der Waals surface area contributed by atoms with Crippen LogP contribution in [-0.4, -0.2) is 9.78 Å². The van der Waals surface area contributed by atoms with Crippen LogP contribution in [-0.2, 0) is 6.42 Å². The lowest BCUT2D eigenvalue weighted by Crippen LogP contribution is -1.97. The number of benzene rings is 1. The number of nitriles is 1. The zero-order valence-corrected chi connectivity index (χ0v) is 10.7. The Morgan fingerprint density at radius 3 is 2.65 bits per heavy atom. The summed E-state index contributed by atoms with van der Waals surface area (Å²) in [7, 11) is 0. The van der Waals surface area contributed by atoms with Crippen molar-refractivity contribution in [1.82, 2.24) is 9.78 Å². The fourth-order valence-corrected chi connectivity index (χ4v) is 2.28. The van der Waals surface area contributed by atoms with E-state index in [1.54, 1.807) is 16.8 Å². The highest BCUT2D eigenvalue weighted by molar-refractivity contribution is 9.10. The molecule has 1 heterocycles. The van der Waals surface area contributed by atoms with Crippen molar-refractivity contribution in [3.05, 3.63) is 45.9 Å². The number of rotatable bonds is 2. The Hall–Kier alpha value is -1.67. The van der Waals surface area contributed by atoms with E-state index in [-0.39, 0.29) is 5.82 Å². The lowest BCUT2D eigenvalue weighted by molar-refractivity contribution is 0.627. The Kier molecular flexibility index (Phi) is 3.25. The monoisotopic (exact) mass is 293 g/mol. The van der Waals surface area contributed by atoms with Crippen molar-refractivity contribution in [2.75, 3.05) is 0 Å². The lowest BCUT2D eigenvalue weighted by atomic mass is 10.2. The standard InChI is InChI=1S/C12H9BrFN3/c1-8-11(6-7-15)12(13)17(16-8)10-4-2-9(14)3-5-10/h2-5H,6H2,1H3. The molecular formula is C12H9BrFN3. The van der Waals surface area contributed by atoms with Crippen molar-refractivity contribution in [2.45, 2.75) is 13.3 Å². The van der Waals surface area contributed by atoms with E-state index in [9.17, 15) is 4.39 Å². The van der Waals surface area contributed by atoms with Crippen LogP contribution in [0.2, 0.25) is 0 Å². The SMILES string of the molecule is Cc1nn(-c2ccc(F)cc2)c(Br)c1CC#N. The molecular weight excluding hydrogens is 285 g/mol. The van der Waals surface area contributed by atoms with Crippen LogP contribution in [0.4, 0.5) is 4.39 Å². The summed E-state index contributed by atoms with van der Waals surface area (Å²) in [5, 5.41) is 13.1.